The first-order valence-electron chi connectivity index (χ1n) is 7.82. The second-order valence-corrected chi connectivity index (χ2v) is 7.65. The summed E-state index contributed by atoms with van der Waals surface area (Å²) >= 11 is 1.03. The highest BCUT2D eigenvalue weighted by atomic mass is 32.1. The van der Waals surface area contributed by atoms with Gasteiger partial charge in [0.1, 0.15) is 15.5 Å². The third kappa shape index (κ3) is 5.06. The van der Waals surface area contributed by atoms with Crippen LogP contribution in [0.3, 0.4) is 0 Å². The number of thiophene rings is 1. The molecule has 0 fully saturated rings. The minimum absolute atomic E-state index is 0.202. The van der Waals surface area contributed by atoms with Crippen LogP contribution in [0.15, 0.2) is 0 Å². The number of ether oxygens (including phenoxy) is 2. The number of hydrogen-bond donors (Lipinski definition) is 1. The molecule has 1 rings (SSSR count). The molecule has 1 N–H and O–H groups in total. The lowest BCUT2D eigenvalue weighted by atomic mass is 10.1. The third-order valence-corrected chi connectivity index (χ3v) is 4.16. The Morgan fingerprint density at radius 2 is 1.75 bits per heavy atom. The molecule has 0 saturated carbocycles. The van der Waals surface area contributed by atoms with Crippen molar-refractivity contribution in [3.63, 3.8) is 0 Å². The largest absolute Gasteiger partial charge is 0.462 e. The molecule has 134 valence electrons. The zero-order valence-corrected chi connectivity index (χ0v) is 16.1. The molecule has 6 nitrogen and oxygen atoms in total. The summed E-state index contributed by atoms with van der Waals surface area (Å²) < 4.78 is 10.4. The number of amides is 1. The number of hydrogen-bond acceptors (Lipinski definition) is 6. The van der Waals surface area contributed by atoms with Gasteiger partial charge in [-0.05, 0) is 40.2 Å². The molecular formula is C17H25NO5S. The van der Waals surface area contributed by atoms with Gasteiger partial charge in [-0.3, -0.25) is 4.79 Å². The number of nitrogens with one attached hydrogen (secondary N) is 1. The summed E-state index contributed by atoms with van der Waals surface area (Å²) in [5, 5.41) is 3.01. The first-order valence-corrected chi connectivity index (χ1v) is 8.64. The average Bonchev–Trinajstić information content (AvgIpc) is 2.73. The molecule has 0 aliphatic carbocycles. The minimum atomic E-state index is -0.654. The first-order chi connectivity index (χ1) is 11.0. The summed E-state index contributed by atoms with van der Waals surface area (Å²) in [6.07, 6.45) is 0. The van der Waals surface area contributed by atoms with Gasteiger partial charge in [-0.2, -0.15) is 0 Å². The van der Waals surface area contributed by atoms with Gasteiger partial charge in [-0.15, -0.1) is 11.3 Å². The molecule has 7 heteroatoms. The fraction of sp³-hybridized carbons (Fsp3) is 0.588. The van der Waals surface area contributed by atoms with Crippen molar-refractivity contribution in [2.45, 2.75) is 54.1 Å². The molecular weight excluding hydrogens is 330 g/mol. The molecule has 0 spiro atoms. The van der Waals surface area contributed by atoms with Gasteiger partial charge >= 0.3 is 11.9 Å². The van der Waals surface area contributed by atoms with E-state index in [1.54, 1.807) is 48.5 Å². The Balaban J connectivity index is 3.30. The molecule has 0 saturated heterocycles. The van der Waals surface area contributed by atoms with Crippen molar-refractivity contribution >= 4 is 34.2 Å². The highest BCUT2D eigenvalue weighted by Crippen LogP contribution is 2.35. The van der Waals surface area contributed by atoms with Crippen LogP contribution >= 0.6 is 11.3 Å². The van der Waals surface area contributed by atoms with E-state index in [0.29, 0.717) is 10.6 Å². The van der Waals surface area contributed by atoms with Crippen molar-refractivity contribution in [3.05, 3.63) is 16.0 Å². The van der Waals surface area contributed by atoms with Gasteiger partial charge in [0.05, 0.1) is 12.2 Å². The van der Waals surface area contributed by atoms with E-state index >= 15 is 0 Å². The fourth-order valence-corrected chi connectivity index (χ4v) is 2.90. The molecule has 0 atom stereocenters. The zero-order valence-electron chi connectivity index (χ0n) is 15.2. The monoisotopic (exact) mass is 355 g/mol. The Morgan fingerprint density at radius 3 is 2.21 bits per heavy atom. The Kier molecular flexibility index (Phi) is 6.54. The maximum Gasteiger partial charge on any atom is 0.349 e. The lowest BCUT2D eigenvalue weighted by molar-refractivity contribution is -0.118. The number of rotatable bonds is 5. The summed E-state index contributed by atoms with van der Waals surface area (Å²) in [7, 11) is 0. The molecule has 1 aromatic rings. The van der Waals surface area contributed by atoms with Crippen LogP contribution in [0, 0.1) is 12.8 Å². The molecule has 1 amide bonds. The van der Waals surface area contributed by atoms with Crippen LogP contribution in [0.2, 0.25) is 0 Å². The van der Waals surface area contributed by atoms with E-state index in [1.165, 1.54) is 0 Å². The lowest BCUT2D eigenvalue weighted by Gasteiger charge is -2.19. The van der Waals surface area contributed by atoms with E-state index in [1.807, 2.05) is 0 Å². The van der Waals surface area contributed by atoms with Crippen molar-refractivity contribution in [2.75, 3.05) is 11.9 Å². The topological polar surface area (TPSA) is 81.7 Å². The summed E-state index contributed by atoms with van der Waals surface area (Å²) in [5.41, 5.74) is 0.00217. The van der Waals surface area contributed by atoms with Gasteiger partial charge in [-0.25, -0.2) is 9.59 Å². The maximum absolute atomic E-state index is 12.4. The lowest BCUT2D eigenvalue weighted by Crippen LogP contribution is -2.23. The molecule has 0 aromatic carbocycles. The van der Waals surface area contributed by atoms with Crippen LogP contribution in [0.25, 0.3) is 0 Å². The molecule has 0 radical (unpaired) electrons. The van der Waals surface area contributed by atoms with E-state index < -0.39 is 17.5 Å². The second kappa shape index (κ2) is 7.79. The highest BCUT2D eigenvalue weighted by Gasteiger charge is 2.29. The molecule has 0 unspecified atom stereocenters. The molecule has 0 aliphatic heterocycles. The molecule has 0 bridgehead atoms. The Hall–Kier alpha value is -1.89. The van der Waals surface area contributed by atoms with Crippen molar-refractivity contribution in [1.29, 1.82) is 0 Å². The van der Waals surface area contributed by atoms with Gasteiger partial charge in [-0.1, -0.05) is 13.8 Å². The highest BCUT2D eigenvalue weighted by molar-refractivity contribution is 7.18. The van der Waals surface area contributed by atoms with Gasteiger partial charge in [0.2, 0.25) is 5.91 Å². The van der Waals surface area contributed by atoms with Crippen molar-refractivity contribution in [3.8, 4) is 0 Å². The number of carbonyl (C=O) groups excluding carboxylic acids is 3. The van der Waals surface area contributed by atoms with Crippen LogP contribution in [0.4, 0.5) is 5.00 Å². The number of esters is 2. The second-order valence-electron chi connectivity index (χ2n) is 6.63. The Labute approximate surface area is 146 Å². The quantitative estimate of drug-likeness (QED) is 0.813. The smallest absolute Gasteiger partial charge is 0.349 e. The Morgan fingerprint density at radius 1 is 1.17 bits per heavy atom. The number of anilines is 1. The summed E-state index contributed by atoms with van der Waals surface area (Å²) in [4.78, 5) is 36.9. The van der Waals surface area contributed by atoms with Crippen LogP contribution in [0.1, 0.15) is 67.1 Å². The van der Waals surface area contributed by atoms with E-state index in [-0.39, 0.29) is 28.9 Å². The molecule has 24 heavy (non-hydrogen) atoms. The molecule has 0 aliphatic rings. The van der Waals surface area contributed by atoms with Gasteiger partial charge < -0.3 is 14.8 Å². The third-order valence-electron chi connectivity index (χ3n) is 2.97. The first kappa shape index (κ1) is 20.2. The van der Waals surface area contributed by atoms with E-state index in [0.717, 1.165) is 11.3 Å². The van der Waals surface area contributed by atoms with Crippen molar-refractivity contribution in [2.24, 2.45) is 5.92 Å². The Bertz CT molecular complexity index is 640. The van der Waals surface area contributed by atoms with Gasteiger partial charge in [0, 0.05) is 5.92 Å². The van der Waals surface area contributed by atoms with Gasteiger partial charge in [0.15, 0.2) is 0 Å². The van der Waals surface area contributed by atoms with Crippen molar-refractivity contribution < 1.29 is 23.9 Å². The molecule has 1 aromatic heterocycles. The molecule has 1 heterocycles. The van der Waals surface area contributed by atoms with Crippen LogP contribution in [-0.2, 0) is 14.3 Å². The summed E-state index contributed by atoms with van der Waals surface area (Å²) in [6, 6.07) is 0. The standard InChI is InChI=1S/C17H25NO5S/c1-8-22-15(20)11-10(4)12(16(21)23-17(5,6)7)24-14(11)18-13(19)9(2)3/h9H,8H2,1-7H3,(H,18,19). The van der Waals surface area contributed by atoms with Crippen LogP contribution < -0.4 is 5.32 Å². The van der Waals surface area contributed by atoms with Gasteiger partial charge in [0.25, 0.3) is 0 Å². The van der Waals surface area contributed by atoms with Crippen LogP contribution in [0.5, 0.6) is 0 Å². The predicted octanol–water partition coefficient (Wildman–Crippen LogP) is 3.78. The predicted molar refractivity (Wildman–Crippen MR) is 93.6 cm³/mol. The van der Waals surface area contributed by atoms with E-state index in [2.05, 4.69) is 5.32 Å². The zero-order chi connectivity index (χ0) is 18.7. The normalized spacial score (nSPS) is 11.3. The van der Waals surface area contributed by atoms with E-state index in [4.69, 9.17) is 9.47 Å². The van der Waals surface area contributed by atoms with Crippen molar-refractivity contribution in [1.82, 2.24) is 0 Å². The van der Waals surface area contributed by atoms with E-state index in [9.17, 15) is 14.4 Å². The summed E-state index contributed by atoms with van der Waals surface area (Å²) in [5.74, 6) is -1.59. The minimum Gasteiger partial charge on any atom is -0.462 e. The summed E-state index contributed by atoms with van der Waals surface area (Å²) in [6.45, 7) is 12.3. The maximum atomic E-state index is 12.4. The fourth-order valence-electron chi connectivity index (χ4n) is 1.83. The SMILES string of the molecule is CCOC(=O)c1c(NC(=O)C(C)C)sc(C(=O)OC(C)(C)C)c1C. The van der Waals surface area contributed by atoms with Crippen LogP contribution in [-0.4, -0.2) is 30.1 Å². The number of carbonyl (C=O) groups is 3. The average molecular weight is 355 g/mol.